The highest BCUT2D eigenvalue weighted by molar-refractivity contribution is 6.11. The molecule has 0 saturated heterocycles. The highest BCUT2D eigenvalue weighted by Crippen LogP contribution is 2.51. The molecule has 5 nitrogen and oxygen atoms in total. The molecule has 0 spiro atoms. The first-order chi connectivity index (χ1) is 25.5. The van der Waals surface area contributed by atoms with Gasteiger partial charge in [0.05, 0.1) is 0 Å². The molecule has 0 fully saturated rings. The summed E-state index contributed by atoms with van der Waals surface area (Å²) in [5.74, 6) is 2.53. The Bertz CT molecular complexity index is 2820. The van der Waals surface area contributed by atoms with Crippen molar-refractivity contribution in [3.05, 3.63) is 169 Å². The number of hydrogen-bond acceptors (Lipinski definition) is 5. The molecular formula is C47H32N4O. The Hall–Kier alpha value is -6.72. The van der Waals surface area contributed by atoms with Crippen molar-refractivity contribution in [1.82, 2.24) is 19.9 Å². The van der Waals surface area contributed by atoms with E-state index >= 15 is 0 Å². The first-order valence-electron chi connectivity index (χ1n) is 17.6. The molecule has 0 amide bonds. The van der Waals surface area contributed by atoms with Crippen molar-refractivity contribution in [2.45, 2.75) is 19.3 Å². The molecule has 0 N–H and O–H groups in total. The van der Waals surface area contributed by atoms with Crippen LogP contribution in [0.4, 0.5) is 0 Å². The molecule has 2 heterocycles. The lowest BCUT2D eigenvalue weighted by Crippen LogP contribution is -2.17. The van der Waals surface area contributed by atoms with E-state index in [2.05, 4.69) is 117 Å². The molecule has 10 rings (SSSR count). The zero-order valence-electron chi connectivity index (χ0n) is 28.7. The molecule has 1 aliphatic rings. The number of hydrogen-bond donors (Lipinski definition) is 0. The van der Waals surface area contributed by atoms with Gasteiger partial charge in [0.2, 0.25) is 5.89 Å². The molecule has 1 aliphatic carbocycles. The van der Waals surface area contributed by atoms with E-state index in [9.17, 15) is 0 Å². The van der Waals surface area contributed by atoms with E-state index in [-0.39, 0.29) is 5.41 Å². The second kappa shape index (κ2) is 11.7. The lowest BCUT2D eigenvalue weighted by Gasteiger charge is -2.24. The predicted octanol–water partition coefficient (Wildman–Crippen LogP) is 11.8. The second-order valence-electron chi connectivity index (χ2n) is 13.9. The monoisotopic (exact) mass is 668 g/mol. The molecular weight excluding hydrogens is 637 g/mol. The Morgan fingerprint density at radius 2 is 1.04 bits per heavy atom. The van der Waals surface area contributed by atoms with Gasteiger partial charge in [-0.2, -0.15) is 0 Å². The third kappa shape index (κ3) is 4.78. The van der Waals surface area contributed by atoms with Crippen LogP contribution in [0.15, 0.2) is 162 Å². The standard InChI is InChI=1S/C47H32N4O/c1-47(2)38-25-10-9-21-35(38)36-23-13-24-37(41(36)47)45-50-43(30-14-5-3-6-15-30)49-44(51-45)33-20-11-19-32(28-33)34-22-12-18-29-26-27-39-42(40(29)34)52-46(48-39)31-16-7-4-8-17-31/h3-28H,1-2H3. The van der Waals surface area contributed by atoms with Crippen LogP contribution in [0.5, 0.6) is 0 Å². The molecule has 0 saturated carbocycles. The van der Waals surface area contributed by atoms with E-state index in [1.807, 2.05) is 54.6 Å². The molecule has 9 aromatic rings. The van der Waals surface area contributed by atoms with Crippen LogP contribution < -0.4 is 0 Å². The van der Waals surface area contributed by atoms with Gasteiger partial charge in [-0.15, -0.1) is 0 Å². The Balaban J connectivity index is 1.15. The van der Waals surface area contributed by atoms with Crippen LogP contribution in [-0.2, 0) is 5.41 Å². The van der Waals surface area contributed by atoms with Crippen LogP contribution in [0, 0.1) is 0 Å². The SMILES string of the molecule is CC1(C)c2ccccc2-c2cccc(-c3nc(-c4ccccc4)nc(-c4cccc(-c5cccc6ccc7nc(-c8ccccc8)oc7c56)c4)n3)c21. The van der Waals surface area contributed by atoms with Crippen molar-refractivity contribution in [3.8, 4) is 67.9 Å². The quantitative estimate of drug-likeness (QED) is 0.183. The van der Waals surface area contributed by atoms with Gasteiger partial charge in [0.1, 0.15) is 5.52 Å². The summed E-state index contributed by atoms with van der Waals surface area (Å²) in [7, 11) is 0. The number of rotatable bonds is 5. The Kier molecular flexibility index (Phi) is 6.77. The van der Waals surface area contributed by atoms with Crippen LogP contribution in [0.25, 0.3) is 89.7 Å². The maximum absolute atomic E-state index is 6.51. The van der Waals surface area contributed by atoms with Crippen molar-refractivity contribution in [2.24, 2.45) is 0 Å². The van der Waals surface area contributed by atoms with Crippen LogP contribution in [0.3, 0.4) is 0 Å². The van der Waals surface area contributed by atoms with E-state index in [1.54, 1.807) is 0 Å². The Morgan fingerprint density at radius 1 is 0.442 bits per heavy atom. The number of nitrogens with zero attached hydrogens (tertiary/aromatic N) is 4. The highest BCUT2D eigenvalue weighted by atomic mass is 16.3. The molecule has 7 aromatic carbocycles. The maximum atomic E-state index is 6.51. The molecule has 2 aromatic heterocycles. The molecule has 0 aliphatic heterocycles. The number of aromatic nitrogens is 4. The maximum Gasteiger partial charge on any atom is 0.227 e. The molecule has 0 atom stereocenters. The molecule has 246 valence electrons. The van der Waals surface area contributed by atoms with Gasteiger partial charge in [-0.1, -0.05) is 147 Å². The summed E-state index contributed by atoms with van der Waals surface area (Å²) in [5, 5.41) is 2.11. The smallest absolute Gasteiger partial charge is 0.227 e. The van der Waals surface area contributed by atoms with Crippen LogP contribution in [0.2, 0.25) is 0 Å². The average molecular weight is 669 g/mol. The minimum absolute atomic E-state index is 0.219. The summed E-state index contributed by atoms with van der Waals surface area (Å²) in [6, 6.07) is 54.3. The van der Waals surface area contributed by atoms with Gasteiger partial charge >= 0.3 is 0 Å². The number of benzene rings is 7. The molecule has 0 radical (unpaired) electrons. The van der Waals surface area contributed by atoms with Crippen molar-refractivity contribution in [3.63, 3.8) is 0 Å². The van der Waals surface area contributed by atoms with Gasteiger partial charge in [0.15, 0.2) is 23.1 Å². The predicted molar refractivity (Wildman–Crippen MR) is 210 cm³/mol. The van der Waals surface area contributed by atoms with Crippen LogP contribution in [0.1, 0.15) is 25.0 Å². The van der Waals surface area contributed by atoms with Crippen molar-refractivity contribution >= 4 is 21.9 Å². The lowest BCUT2D eigenvalue weighted by atomic mass is 9.80. The Morgan fingerprint density at radius 3 is 1.87 bits per heavy atom. The zero-order chi connectivity index (χ0) is 34.8. The average Bonchev–Trinajstić information content (AvgIpc) is 3.75. The van der Waals surface area contributed by atoms with Crippen LogP contribution >= 0.6 is 0 Å². The third-order valence-corrected chi connectivity index (χ3v) is 10.3. The van der Waals surface area contributed by atoms with Gasteiger partial charge in [0.25, 0.3) is 0 Å². The first-order valence-corrected chi connectivity index (χ1v) is 17.6. The zero-order valence-corrected chi connectivity index (χ0v) is 28.7. The van der Waals surface area contributed by atoms with Gasteiger partial charge in [-0.25, -0.2) is 19.9 Å². The Labute approximate surface area is 301 Å². The van der Waals surface area contributed by atoms with E-state index in [4.69, 9.17) is 24.4 Å². The minimum Gasteiger partial charge on any atom is -0.435 e. The van der Waals surface area contributed by atoms with Gasteiger partial charge in [-0.3, -0.25) is 0 Å². The topological polar surface area (TPSA) is 64.7 Å². The summed E-state index contributed by atoms with van der Waals surface area (Å²) in [4.78, 5) is 20.4. The minimum atomic E-state index is -0.219. The highest BCUT2D eigenvalue weighted by Gasteiger charge is 2.38. The summed E-state index contributed by atoms with van der Waals surface area (Å²) >= 11 is 0. The van der Waals surface area contributed by atoms with E-state index in [1.165, 1.54) is 22.3 Å². The normalized spacial score (nSPS) is 13.0. The van der Waals surface area contributed by atoms with Crippen molar-refractivity contribution < 1.29 is 4.42 Å². The van der Waals surface area contributed by atoms with Crippen LogP contribution in [-0.4, -0.2) is 19.9 Å². The van der Waals surface area contributed by atoms with Gasteiger partial charge in [-0.05, 0) is 63.0 Å². The first kappa shape index (κ1) is 30.1. The molecule has 52 heavy (non-hydrogen) atoms. The summed E-state index contributed by atoms with van der Waals surface area (Å²) in [5.41, 5.74) is 12.3. The summed E-state index contributed by atoms with van der Waals surface area (Å²) in [6.07, 6.45) is 0. The van der Waals surface area contributed by atoms with E-state index in [0.29, 0.717) is 23.4 Å². The van der Waals surface area contributed by atoms with Crippen molar-refractivity contribution in [1.29, 1.82) is 0 Å². The summed E-state index contributed by atoms with van der Waals surface area (Å²) in [6.45, 7) is 4.59. The van der Waals surface area contributed by atoms with E-state index in [0.717, 1.165) is 55.3 Å². The lowest BCUT2D eigenvalue weighted by molar-refractivity contribution is 0.623. The van der Waals surface area contributed by atoms with E-state index < -0.39 is 0 Å². The second-order valence-corrected chi connectivity index (χ2v) is 13.9. The van der Waals surface area contributed by atoms with Crippen molar-refractivity contribution in [2.75, 3.05) is 0 Å². The molecule has 0 unspecified atom stereocenters. The molecule has 5 heteroatoms. The molecule has 0 bridgehead atoms. The summed E-state index contributed by atoms with van der Waals surface area (Å²) < 4.78 is 6.51. The largest absolute Gasteiger partial charge is 0.435 e. The number of oxazole rings is 1. The fourth-order valence-electron chi connectivity index (χ4n) is 7.90. The fraction of sp³-hybridized carbons (Fsp3) is 0.0638. The third-order valence-electron chi connectivity index (χ3n) is 10.3. The number of fused-ring (bicyclic) bond motifs is 6. The fourth-order valence-corrected chi connectivity index (χ4v) is 7.90. The van der Waals surface area contributed by atoms with Gasteiger partial charge < -0.3 is 4.42 Å². The van der Waals surface area contributed by atoms with Gasteiger partial charge in [0, 0.05) is 33.1 Å².